The molecular formula is C30H17Cl3IN3O3. The third kappa shape index (κ3) is 5.47. The number of para-hydroxylation sites is 1. The molecule has 10 heteroatoms. The van der Waals surface area contributed by atoms with Gasteiger partial charge in [-0.15, -0.1) is 0 Å². The Morgan fingerprint density at radius 2 is 1.75 bits per heavy atom. The average Bonchev–Trinajstić information content (AvgIpc) is 3.36. The van der Waals surface area contributed by atoms with Crippen LogP contribution in [0, 0.1) is 3.57 Å². The molecule has 0 radical (unpaired) electrons. The second-order valence-electron chi connectivity index (χ2n) is 8.82. The molecule has 0 N–H and O–H groups in total. The zero-order valence-corrected chi connectivity index (χ0v) is 24.9. The van der Waals surface area contributed by atoms with E-state index in [-0.39, 0.29) is 11.4 Å². The summed E-state index contributed by atoms with van der Waals surface area (Å²) in [5, 5.41) is 7.47. The van der Waals surface area contributed by atoms with Crippen molar-refractivity contribution < 1.29 is 9.15 Å². The van der Waals surface area contributed by atoms with Crippen LogP contribution < -0.4 is 10.3 Å². The van der Waals surface area contributed by atoms with Crippen molar-refractivity contribution >= 4 is 85.5 Å². The van der Waals surface area contributed by atoms with E-state index in [9.17, 15) is 4.79 Å². The number of benzene rings is 4. The first-order chi connectivity index (χ1) is 19.4. The van der Waals surface area contributed by atoms with E-state index in [1.54, 1.807) is 60.8 Å². The highest BCUT2D eigenvalue weighted by molar-refractivity contribution is 14.1. The van der Waals surface area contributed by atoms with E-state index in [0.29, 0.717) is 49.7 Å². The molecule has 6 aromatic rings. The minimum atomic E-state index is -0.315. The van der Waals surface area contributed by atoms with Crippen molar-refractivity contribution in [2.24, 2.45) is 5.10 Å². The SMILES string of the molecule is O=c1c2ccccc2nc(-c2cc3cc(Cl)ccc3o2)n1N=Cc1ccc(OCc2ccc(Cl)cc2Cl)c(I)c1. The number of rotatable bonds is 6. The number of ether oxygens (including phenoxy) is 1. The Morgan fingerprint density at radius 1 is 0.950 bits per heavy atom. The third-order valence-electron chi connectivity index (χ3n) is 6.13. The van der Waals surface area contributed by atoms with Gasteiger partial charge in [0, 0.05) is 26.0 Å². The van der Waals surface area contributed by atoms with Crippen LogP contribution in [0.1, 0.15) is 11.1 Å². The minimum absolute atomic E-state index is 0.279. The van der Waals surface area contributed by atoms with E-state index < -0.39 is 0 Å². The molecule has 2 heterocycles. The maximum Gasteiger partial charge on any atom is 0.282 e. The Kier molecular flexibility index (Phi) is 7.55. The van der Waals surface area contributed by atoms with Crippen LogP contribution >= 0.6 is 57.4 Å². The molecule has 0 aliphatic rings. The predicted octanol–water partition coefficient (Wildman–Crippen LogP) is 8.84. The number of halogens is 4. The largest absolute Gasteiger partial charge is 0.488 e. The normalized spacial score (nSPS) is 11.6. The smallest absolute Gasteiger partial charge is 0.282 e. The highest BCUT2D eigenvalue weighted by Gasteiger charge is 2.17. The van der Waals surface area contributed by atoms with Crippen molar-refractivity contribution in [3.05, 3.63) is 125 Å². The molecule has 0 fully saturated rings. The fourth-order valence-corrected chi connectivity index (χ4v) is 5.49. The summed E-state index contributed by atoms with van der Waals surface area (Å²) in [5.41, 5.74) is 2.45. The quantitative estimate of drug-likeness (QED) is 0.129. The summed E-state index contributed by atoms with van der Waals surface area (Å²) in [6, 6.07) is 25.1. The van der Waals surface area contributed by atoms with Gasteiger partial charge in [0.1, 0.15) is 17.9 Å². The topological polar surface area (TPSA) is 69.6 Å². The van der Waals surface area contributed by atoms with Crippen LogP contribution in [0.3, 0.4) is 0 Å². The summed E-state index contributed by atoms with van der Waals surface area (Å²) < 4.78 is 14.1. The van der Waals surface area contributed by atoms with Crippen molar-refractivity contribution in [1.82, 2.24) is 9.66 Å². The van der Waals surface area contributed by atoms with Crippen molar-refractivity contribution in [1.29, 1.82) is 0 Å². The van der Waals surface area contributed by atoms with Crippen LogP contribution in [-0.4, -0.2) is 15.9 Å². The van der Waals surface area contributed by atoms with Crippen LogP contribution in [0.4, 0.5) is 0 Å². The van der Waals surface area contributed by atoms with Gasteiger partial charge in [0.25, 0.3) is 5.56 Å². The lowest BCUT2D eigenvalue weighted by Crippen LogP contribution is -2.20. The molecule has 4 aromatic carbocycles. The molecule has 198 valence electrons. The monoisotopic (exact) mass is 699 g/mol. The van der Waals surface area contributed by atoms with Gasteiger partial charge in [-0.3, -0.25) is 4.79 Å². The van der Waals surface area contributed by atoms with Crippen LogP contribution in [0.15, 0.2) is 99.2 Å². The van der Waals surface area contributed by atoms with E-state index in [0.717, 1.165) is 20.1 Å². The van der Waals surface area contributed by atoms with E-state index in [4.69, 9.17) is 48.9 Å². The zero-order valence-electron chi connectivity index (χ0n) is 20.4. The molecule has 2 aromatic heterocycles. The van der Waals surface area contributed by atoms with Gasteiger partial charge in [-0.25, -0.2) is 4.98 Å². The number of aromatic nitrogens is 2. The van der Waals surface area contributed by atoms with E-state index >= 15 is 0 Å². The van der Waals surface area contributed by atoms with Gasteiger partial charge < -0.3 is 9.15 Å². The van der Waals surface area contributed by atoms with Gasteiger partial charge in [0.05, 0.1) is 20.7 Å². The Hall–Kier alpha value is -3.37. The van der Waals surface area contributed by atoms with E-state index in [2.05, 4.69) is 27.7 Å². The van der Waals surface area contributed by atoms with Crippen molar-refractivity contribution in [3.63, 3.8) is 0 Å². The Labute approximate surface area is 256 Å². The minimum Gasteiger partial charge on any atom is -0.488 e. The Bertz CT molecular complexity index is 2000. The Balaban J connectivity index is 1.34. The maximum absolute atomic E-state index is 13.5. The first kappa shape index (κ1) is 26.8. The fourth-order valence-electron chi connectivity index (χ4n) is 4.15. The molecule has 0 amide bonds. The molecule has 6 rings (SSSR count). The van der Waals surface area contributed by atoms with Gasteiger partial charge in [0.15, 0.2) is 5.76 Å². The number of furan rings is 1. The molecule has 0 aliphatic carbocycles. The lowest BCUT2D eigenvalue weighted by molar-refractivity contribution is 0.304. The number of fused-ring (bicyclic) bond motifs is 2. The van der Waals surface area contributed by atoms with Crippen LogP contribution in [0.5, 0.6) is 5.75 Å². The van der Waals surface area contributed by atoms with Gasteiger partial charge in [-0.1, -0.05) is 53.0 Å². The fraction of sp³-hybridized carbons (Fsp3) is 0.0333. The molecular weight excluding hydrogens is 684 g/mol. The summed E-state index contributed by atoms with van der Waals surface area (Å²) in [5.74, 6) is 1.37. The molecule has 40 heavy (non-hydrogen) atoms. The molecule has 0 spiro atoms. The van der Waals surface area contributed by atoms with Crippen molar-refractivity contribution in [2.75, 3.05) is 0 Å². The van der Waals surface area contributed by atoms with E-state index in [1.807, 2.05) is 30.3 Å². The number of nitrogens with zero attached hydrogens (tertiary/aromatic N) is 3. The first-order valence-electron chi connectivity index (χ1n) is 12.0. The van der Waals surface area contributed by atoms with Gasteiger partial charge in [-0.05, 0) is 94.9 Å². The summed E-state index contributed by atoms with van der Waals surface area (Å²) in [6.07, 6.45) is 1.60. The summed E-state index contributed by atoms with van der Waals surface area (Å²) in [6.45, 7) is 0.295. The van der Waals surface area contributed by atoms with Gasteiger partial charge in [-0.2, -0.15) is 9.78 Å². The summed E-state index contributed by atoms with van der Waals surface area (Å²) >= 11 is 20.6. The second-order valence-corrected chi connectivity index (χ2v) is 11.3. The number of hydrogen-bond donors (Lipinski definition) is 0. The third-order valence-corrected chi connectivity index (χ3v) is 7.79. The van der Waals surface area contributed by atoms with Crippen LogP contribution in [0.2, 0.25) is 15.1 Å². The zero-order chi connectivity index (χ0) is 27.8. The lowest BCUT2D eigenvalue weighted by atomic mass is 10.2. The maximum atomic E-state index is 13.5. The molecule has 0 atom stereocenters. The van der Waals surface area contributed by atoms with E-state index in [1.165, 1.54) is 4.68 Å². The molecule has 0 saturated carbocycles. The van der Waals surface area contributed by atoms with Crippen LogP contribution in [0.25, 0.3) is 33.5 Å². The number of hydrogen-bond acceptors (Lipinski definition) is 5. The second kappa shape index (κ2) is 11.2. The highest BCUT2D eigenvalue weighted by atomic mass is 127. The van der Waals surface area contributed by atoms with Crippen LogP contribution in [-0.2, 0) is 6.61 Å². The summed E-state index contributed by atoms with van der Waals surface area (Å²) in [4.78, 5) is 18.2. The predicted molar refractivity (Wildman–Crippen MR) is 169 cm³/mol. The molecule has 0 aliphatic heterocycles. The van der Waals surface area contributed by atoms with Gasteiger partial charge in [0.2, 0.25) is 5.82 Å². The summed E-state index contributed by atoms with van der Waals surface area (Å²) in [7, 11) is 0. The molecule has 0 unspecified atom stereocenters. The van der Waals surface area contributed by atoms with Crippen molar-refractivity contribution in [2.45, 2.75) is 6.61 Å². The molecule has 6 nitrogen and oxygen atoms in total. The lowest BCUT2D eigenvalue weighted by Gasteiger charge is -2.10. The average molecular weight is 701 g/mol. The first-order valence-corrected chi connectivity index (χ1v) is 14.2. The molecule has 0 saturated heterocycles. The standard InChI is InChI=1S/C30H17Cl3IN3O3/c31-20-8-10-26-19(12-20)13-28(40-26)29-36-25-4-2-1-3-22(25)30(38)37(29)35-15-17-5-9-27(24(34)11-17)39-16-18-6-7-21(32)14-23(18)33/h1-15H,16H2. The molecule has 0 bridgehead atoms. The Morgan fingerprint density at radius 3 is 2.58 bits per heavy atom. The van der Waals surface area contributed by atoms with Gasteiger partial charge >= 0.3 is 0 Å². The highest BCUT2D eigenvalue weighted by Crippen LogP contribution is 2.30. The van der Waals surface area contributed by atoms with Crippen molar-refractivity contribution in [3.8, 4) is 17.3 Å².